The van der Waals surface area contributed by atoms with Gasteiger partial charge in [-0.15, -0.1) is 0 Å². The van der Waals surface area contributed by atoms with Gasteiger partial charge in [0.2, 0.25) is 11.8 Å². The fraction of sp³-hybridized carbons (Fsp3) is 0.471. The average Bonchev–Trinajstić information content (AvgIpc) is 3.21. The molecule has 1 aromatic heterocycles. The molecule has 0 aliphatic carbocycles. The first kappa shape index (κ1) is 16.3. The molecule has 1 aliphatic rings. The standard InChI is InChI=1S/C17H21N3O4/c1-10(2)16-18-17(24-19-16)11-7-15(21)20(9-11)13-8-12(22-3)5-6-14(13)23-4/h5-6,8,10-11H,7,9H2,1-4H3. The van der Waals surface area contributed by atoms with Crippen molar-refractivity contribution >= 4 is 11.6 Å². The summed E-state index contributed by atoms with van der Waals surface area (Å²) in [4.78, 5) is 18.6. The van der Waals surface area contributed by atoms with Crippen LogP contribution in [0, 0.1) is 0 Å². The first-order valence-corrected chi connectivity index (χ1v) is 7.89. The van der Waals surface area contributed by atoms with E-state index in [9.17, 15) is 4.79 Å². The third-order valence-electron chi connectivity index (χ3n) is 4.12. The molecule has 2 heterocycles. The molecule has 7 nitrogen and oxygen atoms in total. The predicted octanol–water partition coefficient (Wildman–Crippen LogP) is 2.73. The summed E-state index contributed by atoms with van der Waals surface area (Å²) in [7, 11) is 3.17. The van der Waals surface area contributed by atoms with Crippen LogP contribution in [0.1, 0.15) is 43.8 Å². The van der Waals surface area contributed by atoms with Crippen LogP contribution in [-0.4, -0.2) is 36.8 Å². The van der Waals surface area contributed by atoms with Crippen LogP contribution in [0.2, 0.25) is 0 Å². The van der Waals surface area contributed by atoms with Gasteiger partial charge < -0.3 is 18.9 Å². The van der Waals surface area contributed by atoms with Crippen LogP contribution in [0.3, 0.4) is 0 Å². The number of nitrogens with zero attached hydrogens (tertiary/aromatic N) is 3. The number of hydrogen-bond donors (Lipinski definition) is 0. The zero-order valence-corrected chi connectivity index (χ0v) is 14.3. The number of amides is 1. The van der Waals surface area contributed by atoms with Crippen LogP contribution >= 0.6 is 0 Å². The number of carbonyl (C=O) groups excluding carboxylic acids is 1. The molecule has 24 heavy (non-hydrogen) atoms. The average molecular weight is 331 g/mol. The first-order valence-electron chi connectivity index (χ1n) is 7.89. The maximum atomic E-state index is 12.5. The third kappa shape index (κ3) is 2.93. The molecule has 1 aromatic carbocycles. The highest BCUT2D eigenvalue weighted by Crippen LogP contribution is 2.38. The van der Waals surface area contributed by atoms with Crippen LogP contribution < -0.4 is 14.4 Å². The van der Waals surface area contributed by atoms with Crippen molar-refractivity contribution in [1.82, 2.24) is 10.1 Å². The lowest BCUT2D eigenvalue weighted by molar-refractivity contribution is -0.117. The van der Waals surface area contributed by atoms with Crippen molar-refractivity contribution in [2.45, 2.75) is 32.1 Å². The van der Waals surface area contributed by atoms with Gasteiger partial charge in [0.25, 0.3) is 0 Å². The van der Waals surface area contributed by atoms with E-state index in [-0.39, 0.29) is 17.7 Å². The lowest BCUT2D eigenvalue weighted by atomic mass is 10.1. The zero-order valence-electron chi connectivity index (χ0n) is 14.3. The normalized spacial score (nSPS) is 17.6. The molecule has 128 valence electrons. The van der Waals surface area contributed by atoms with Crippen molar-refractivity contribution < 1.29 is 18.8 Å². The van der Waals surface area contributed by atoms with Crippen LogP contribution in [0.25, 0.3) is 0 Å². The number of hydrogen-bond acceptors (Lipinski definition) is 6. The molecule has 7 heteroatoms. The summed E-state index contributed by atoms with van der Waals surface area (Å²) in [5.41, 5.74) is 0.688. The van der Waals surface area contributed by atoms with Crippen molar-refractivity contribution in [3.05, 3.63) is 29.9 Å². The second kappa shape index (κ2) is 6.51. The third-order valence-corrected chi connectivity index (χ3v) is 4.12. The SMILES string of the molecule is COc1ccc(OC)c(N2CC(c3nc(C(C)C)no3)CC2=O)c1. The summed E-state index contributed by atoms with van der Waals surface area (Å²) in [6.07, 6.45) is 0.333. The molecule has 1 saturated heterocycles. The lowest BCUT2D eigenvalue weighted by Crippen LogP contribution is -2.24. The number of carbonyl (C=O) groups is 1. The molecular formula is C17H21N3O4. The summed E-state index contributed by atoms with van der Waals surface area (Å²) in [5, 5.41) is 3.98. The van der Waals surface area contributed by atoms with E-state index in [1.165, 1.54) is 0 Å². The summed E-state index contributed by atoms with van der Waals surface area (Å²) in [6, 6.07) is 5.39. The van der Waals surface area contributed by atoms with E-state index in [0.717, 1.165) is 0 Å². The monoisotopic (exact) mass is 331 g/mol. The molecule has 1 amide bonds. The molecule has 2 aromatic rings. The first-order chi connectivity index (χ1) is 11.5. The number of methoxy groups -OCH3 is 2. The Balaban J connectivity index is 1.87. The summed E-state index contributed by atoms with van der Waals surface area (Å²) < 4.78 is 16.0. The fourth-order valence-corrected chi connectivity index (χ4v) is 2.76. The van der Waals surface area contributed by atoms with Gasteiger partial charge in [0.15, 0.2) is 5.82 Å². The van der Waals surface area contributed by atoms with Gasteiger partial charge in [-0.2, -0.15) is 4.98 Å². The fourth-order valence-electron chi connectivity index (χ4n) is 2.76. The van der Waals surface area contributed by atoms with Gasteiger partial charge in [0, 0.05) is 24.9 Å². The summed E-state index contributed by atoms with van der Waals surface area (Å²) >= 11 is 0. The van der Waals surface area contributed by atoms with Crippen LogP contribution in [-0.2, 0) is 4.79 Å². The molecule has 3 rings (SSSR count). The number of rotatable bonds is 5. The molecule has 1 atom stereocenters. The zero-order chi connectivity index (χ0) is 17.3. The number of benzene rings is 1. The molecule has 0 radical (unpaired) electrons. The molecule has 0 saturated carbocycles. The molecule has 1 unspecified atom stereocenters. The molecule has 1 fully saturated rings. The molecular weight excluding hydrogens is 310 g/mol. The lowest BCUT2D eigenvalue weighted by Gasteiger charge is -2.20. The van der Waals surface area contributed by atoms with Crippen molar-refractivity contribution in [2.75, 3.05) is 25.7 Å². The van der Waals surface area contributed by atoms with Crippen molar-refractivity contribution in [2.24, 2.45) is 0 Å². The smallest absolute Gasteiger partial charge is 0.232 e. The number of anilines is 1. The van der Waals surface area contributed by atoms with Gasteiger partial charge in [0.05, 0.1) is 25.8 Å². The van der Waals surface area contributed by atoms with Crippen molar-refractivity contribution in [3.8, 4) is 11.5 Å². The van der Waals surface area contributed by atoms with E-state index in [4.69, 9.17) is 14.0 Å². The van der Waals surface area contributed by atoms with Crippen molar-refractivity contribution in [3.63, 3.8) is 0 Å². The minimum Gasteiger partial charge on any atom is -0.497 e. The number of aromatic nitrogens is 2. The van der Waals surface area contributed by atoms with Crippen LogP contribution in [0.5, 0.6) is 11.5 Å². The second-order valence-electron chi connectivity index (χ2n) is 6.09. The quantitative estimate of drug-likeness (QED) is 0.838. The van der Waals surface area contributed by atoms with E-state index < -0.39 is 0 Å². The molecule has 0 spiro atoms. The van der Waals surface area contributed by atoms with E-state index in [1.54, 1.807) is 37.3 Å². The Morgan fingerprint density at radius 1 is 1.29 bits per heavy atom. The Hall–Kier alpha value is -2.57. The van der Waals surface area contributed by atoms with Crippen molar-refractivity contribution in [1.29, 1.82) is 0 Å². The van der Waals surface area contributed by atoms with Gasteiger partial charge >= 0.3 is 0 Å². The maximum absolute atomic E-state index is 12.5. The molecule has 0 bridgehead atoms. The van der Waals surface area contributed by atoms with Crippen LogP contribution in [0.15, 0.2) is 22.7 Å². The topological polar surface area (TPSA) is 77.7 Å². The van der Waals surface area contributed by atoms with Gasteiger partial charge in [-0.3, -0.25) is 4.79 Å². The summed E-state index contributed by atoms with van der Waals surface area (Å²) in [6.45, 7) is 4.48. The van der Waals surface area contributed by atoms with Gasteiger partial charge in [-0.25, -0.2) is 0 Å². The minimum atomic E-state index is -0.117. The Morgan fingerprint density at radius 2 is 2.08 bits per heavy atom. The largest absolute Gasteiger partial charge is 0.497 e. The van der Waals surface area contributed by atoms with E-state index in [2.05, 4.69) is 10.1 Å². The van der Waals surface area contributed by atoms with Gasteiger partial charge in [-0.1, -0.05) is 19.0 Å². The second-order valence-corrected chi connectivity index (χ2v) is 6.09. The summed E-state index contributed by atoms with van der Waals surface area (Å²) in [5.74, 6) is 2.53. The van der Waals surface area contributed by atoms with E-state index in [1.807, 2.05) is 13.8 Å². The minimum absolute atomic E-state index is 0.00384. The Morgan fingerprint density at radius 3 is 2.71 bits per heavy atom. The Bertz CT molecular complexity index is 741. The van der Waals surface area contributed by atoms with E-state index in [0.29, 0.717) is 41.9 Å². The maximum Gasteiger partial charge on any atom is 0.232 e. The predicted molar refractivity (Wildman–Crippen MR) is 87.6 cm³/mol. The van der Waals surface area contributed by atoms with Gasteiger partial charge in [-0.05, 0) is 12.1 Å². The highest BCUT2D eigenvalue weighted by molar-refractivity contribution is 5.98. The Labute approximate surface area is 140 Å². The van der Waals surface area contributed by atoms with E-state index >= 15 is 0 Å². The molecule has 1 aliphatic heterocycles. The Kier molecular flexibility index (Phi) is 4.42. The molecule has 0 N–H and O–H groups in total. The van der Waals surface area contributed by atoms with Gasteiger partial charge in [0.1, 0.15) is 11.5 Å². The highest BCUT2D eigenvalue weighted by Gasteiger charge is 2.36. The number of ether oxygens (including phenoxy) is 2. The highest BCUT2D eigenvalue weighted by atomic mass is 16.5. The van der Waals surface area contributed by atoms with Crippen LogP contribution in [0.4, 0.5) is 5.69 Å².